The molecule has 0 aliphatic heterocycles. The highest BCUT2D eigenvalue weighted by atomic mass is 16.1. The lowest BCUT2D eigenvalue weighted by Gasteiger charge is -2.23. The van der Waals surface area contributed by atoms with Gasteiger partial charge in [0.2, 0.25) is 0 Å². The molecule has 0 spiro atoms. The van der Waals surface area contributed by atoms with Crippen LogP contribution >= 0.6 is 0 Å². The van der Waals surface area contributed by atoms with Crippen LogP contribution in [0.5, 0.6) is 0 Å². The first-order chi connectivity index (χ1) is 11.3. The Morgan fingerprint density at radius 2 is 1.78 bits per heavy atom. The van der Waals surface area contributed by atoms with Gasteiger partial charge in [0.25, 0.3) is 5.56 Å². The van der Waals surface area contributed by atoms with Gasteiger partial charge in [-0.25, -0.2) is 4.68 Å². The number of nitrogens with zero attached hydrogens (tertiary/aromatic N) is 4. The van der Waals surface area contributed by atoms with Crippen LogP contribution in [0.1, 0.15) is 38.1 Å². The standard InChI is InChI=1S/C18H18N4O/c23-18-14-9-6-12-20-16(14)17(15-10-4-5-11-19-15)21-22(18)13-7-2-1-3-8-13/h4-6,9-13H,1-3,7-8H2. The summed E-state index contributed by atoms with van der Waals surface area (Å²) in [5.74, 6) is 0. The van der Waals surface area contributed by atoms with E-state index in [2.05, 4.69) is 15.1 Å². The van der Waals surface area contributed by atoms with Gasteiger partial charge in [-0.1, -0.05) is 25.3 Å². The molecular weight excluding hydrogens is 288 g/mol. The van der Waals surface area contributed by atoms with Gasteiger partial charge in [-0.15, -0.1) is 0 Å². The number of aromatic nitrogens is 4. The molecule has 1 aliphatic carbocycles. The summed E-state index contributed by atoms with van der Waals surface area (Å²) in [6.07, 6.45) is 9.02. The van der Waals surface area contributed by atoms with Gasteiger partial charge in [0.1, 0.15) is 11.2 Å². The van der Waals surface area contributed by atoms with Crippen molar-refractivity contribution >= 4 is 10.9 Å². The van der Waals surface area contributed by atoms with Gasteiger partial charge >= 0.3 is 0 Å². The van der Waals surface area contributed by atoms with Gasteiger partial charge in [-0.05, 0) is 37.1 Å². The highest BCUT2D eigenvalue weighted by molar-refractivity contribution is 5.89. The van der Waals surface area contributed by atoms with Crippen molar-refractivity contribution in [3.05, 3.63) is 53.1 Å². The molecule has 3 heterocycles. The van der Waals surface area contributed by atoms with E-state index < -0.39 is 0 Å². The van der Waals surface area contributed by atoms with Crippen LogP contribution in [0.15, 0.2) is 47.5 Å². The lowest BCUT2D eigenvalue weighted by atomic mass is 9.95. The number of fused-ring (bicyclic) bond motifs is 1. The minimum atomic E-state index is -0.0420. The smallest absolute Gasteiger partial charge is 0.267 e. The average Bonchev–Trinajstić information content (AvgIpc) is 2.64. The van der Waals surface area contributed by atoms with Crippen molar-refractivity contribution in [3.8, 4) is 11.4 Å². The Labute approximate surface area is 134 Å². The molecule has 3 aromatic rings. The van der Waals surface area contributed by atoms with E-state index in [0.717, 1.165) is 31.4 Å². The van der Waals surface area contributed by atoms with Crippen molar-refractivity contribution < 1.29 is 0 Å². The first kappa shape index (κ1) is 14.1. The lowest BCUT2D eigenvalue weighted by molar-refractivity contribution is 0.321. The maximum Gasteiger partial charge on any atom is 0.276 e. The molecule has 0 aromatic carbocycles. The fraction of sp³-hybridized carbons (Fsp3) is 0.333. The van der Waals surface area contributed by atoms with Gasteiger partial charge in [-0.3, -0.25) is 14.8 Å². The second kappa shape index (κ2) is 5.91. The van der Waals surface area contributed by atoms with Crippen molar-refractivity contribution in [1.82, 2.24) is 19.7 Å². The summed E-state index contributed by atoms with van der Waals surface area (Å²) in [6, 6.07) is 9.52. The van der Waals surface area contributed by atoms with Crippen molar-refractivity contribution in [1.29, 1.82) is 0 Å². The minimum Gasteiger partial charge on any atom is -0.267 e. The Hall–Kier alpha value is -2.56. The number of hydrogen-bond donors (Lipinski definition) is 0. The topological polar surface area (TPSA) is 60.7 Å². The minimum absolute atomic E-state index is 0.0420. The second-order valence-corrected chi connectivity index (χ2v) is 6.00. The van der Waals surface area contributed by atoms with Crippen molar-refractivity contribution in [2.24, 2.45) is 0 Å². The quantitative estimate of drug-likeness (QED) is 0.728. The molecule has 0 saturated heterocycles. The summed E-state index contributed by atoms with van der Waals surface area (Å²) in [4.78, 5) is 21.6. The summed E-state index contributed by atoms with van der Waals surface area (Å²) < 4.78 is 1.67. The number of hydrogen-bond acceptors (Lipinski definition) is 4. The van der Waals surface area contributed by atoms with Crippen molar-refractivity contribution in [2.45, 2.75) is 38.1 Å². The third-order valence-corrected chi connectivity index (χ3v) is 4.51. The average molecular weight is 306 g/mol. The maximum atomic E-state index is 12.9. The zero-order chi connectivity index (χ0) is 15.6. The molecule has 1 aliphatic rings. The molecule has 0 N–H and O–H groups in total. The van der Waals surface area contributed by atoms with E-state index in [1.165, 1.54) is 6.42 Å². The molecule has 0 radical (unpaired) electrons. The van der Waals surface area contributed by atoms with Crippen LogP contribution in [0.4, 0.5) is 0 Å². The van der Waals surface area contributed by atoms with Gasteiger partial charge in [0.05, 0.1) is 17.1 Å². The third-order valence-electron chi connectivity index (χ3n) is 4.51. The van der Waals surface area contributed by atoms with E-state index in [4.69, 9.17) is 0 Å². The Kier molecular flexibility index (Phi) is 3.61. The second-order valence-electron chi connectivity index (χ2n) is 6.00. The van der Waals surface area contributed by atoms with Crippen LogP contribution in [-0.2, 0) is 0 Å². The van der Waals surface area contributed by atoms with E-state index in [-0.39, 0.29) is 11.6 Å². The van der Waals surface area contributed by atoms with E-state index in [9.17, 15) is 4.79 Å². The largest absolute Gasteiger partial charge is 0.276 e. The van der Waals surface area contributed by atoms with E-state index >= 15 is 0 Å². The molecule has 4 rings (SSSR count). The zero-order valence-electron chi connectivity index (χ0n) is 12.9. The molecule has 5 heteroatoms. The van der Waals surface area contributed by atoms with Crippen molar-refractivity contribution in [2.75, 3.05) is 0 Å². The SMILES string of the molecule is O=c1c2cccnc2c(-c2ccccn2)nn1C1CCCCC1. The predicted molar refractivity (Wildman–Crippen MR) is 89.2 cm³/mol. The summed E-state index contributed by atoms with van der Waals surface area (Å²) in [5.41, 5.74) is 2.02. The first-order valence-corrected chi connectivity index (χ1v) is 8.13. The molecule has 0 atom stereocenters. The number of rotatable bonds is 2. The van der Waals surface area contributed by atoms with Crippen LogP contribution in [0.3, 0.4) is 0 Å². The summed E-state index contributed by atoms with van der Waals surface area (Å²) in [6.45, 7) is 0. The monoisotopic (exact) mass is 306 g/mol. The van der Waals surface area contributed by atoms with Gasteiger partial charge in [0, 0.05) is 12.4 Å². The molecule has 0 bridgehead atoms. The normalized spacial score (nSPS) is 15.8. The highest BCUT2D eigenvalue weighted by Gasteiger charge is 2.21. The van der Waals surface area contributed by atoms with Crippen molar-refractivity contribution in [3.63, 3.8) is 0 Å². The molecule has 1 fully saturated rings. The zero-order valence-corrected chi connectivity index (χ0v) is 12.9. The predicted octanol–water partition coefficient (Wildman–Crippen LogP) is 3.36. The summed E-state index contributed by atoms with van der Waals surface area (Å²) >= 11 is 0. The molecule has 23 heavy (non-hydrogen) atoms. The maximum absolute atomic E-state index is 12.9. The fourth-order valence-corrected chi connectivity index (χ4v) is 3.34. The molecule has 0 amide bonds. The van der Waals surface area contributed by atoms with E-state index in [1.54, 1.807) is 23.1 Å². The van der Waals surface area contributed by atoms with Crippen LogP contribution in [0.25, 0.3) is 22.3 Å². The first-order valence-electron chi connectivity index (χ1n) is 8.13. The number of pyridine rings is 2. The van der Waals surface area contributed by atoms with E-state index in [1.807, 2.05) is 24.3 Å². The Morgan fingerprint density at radius 1 is 0.957 bits per heavy atom. The van der Waals surface area contributed by atoms with Gasteiger partial charge < -0.3 is 0 Å². The third kappa shape index (κ3) is 2.52. The Bertz CT molecular complexity index is 882. The van der Waals surface area contributed by atoms with Gasteiger partial charge in [0.15, 0.2) is 0 Å². The van der Waals surface area contributed by atoms with Crippen LogP contribution in [-0.4, -0.2) is 19.7 Å². The van der Waals surface area contributed by atoms with Gasteiger partial charge in [-0.2, -0.15) is 5.10 Å². The molecule has 5 nitrogen and oxygen atoms in total. The molecule has 116 valence electrons. The molecule has 0 unspecified atom stereocenters. The van der Waals surface area contributed by atoms with Crippen LogP contribution < -0.4 is 5.56 Å². The van der Waals surface area contributed by atoms with E-state index in [0.29, 0.717) is 16.6 Å². The Morgan fingerprint density at radius 3 is 2.57 bits per heavy atom. The Balaban J connectivity index is 1.98. The fourth-order valence-electron chi connectivity index (χ4n) is 3.34. The summed E-state index contributed by atoms with van der Waals surface area (Å²) in [7, 11) is 0. The van der Waals surface area contributed by atoms with Crippen LogP contribution in [0.2, 0.25) is 0 Å². The lowest BCUT2D eigenvalue weighted by Crippen LogP contribution is -2.29. The highest BCUT2D eigenvalue weighted by Crippen LogP contribution is 2.28. The molecule has 3 aromatic heterocycles. The molecular formula is C18H18N4O. The summed E-state index contributed by atoms with van der Waals surface area (Å²) in [5, 5.41) is 5.29. The van der Waals surface area contributed by atoms with Crippen LogP contribution in [0, 0.1) is 0 Å². The molecule has 1 saturated carbocycles.